The Labute approximate surface area is 133 Å². The largest absolute Gasteiger partial charge is 0.310 e. The monoisotopic (exact) mass is 324 g/mol. The minimum atomic E-state index is -0.376. The highest BCUT2D eigenvalue weighted by Gasteiger charge is 2.30. The van der Waals surface area contributed by atoms with Crippen LogP contribution < -0.4 is 5.32 Å². The summed E-state index contributed by atoms with van der Waals surface area (Å²) in [5, 5.41) is 4.31. The minimum absolute atomic E-state index is 0.150. The van der Waals surface area contributed by atoms with Gasteiger partial charge in [-0.15, -0.1) is 11.3 Å². The first-order valence-corrected chi connectivity index (χ1v) is 8.43. The Morgan fingerprint density at radius 3 is 2.86 bits per heavy atom. The van der Waals surface area contributed by atoms with Crippen molar-refractivity contribution in [2.45, 2.75) is 45.2 Å². The van der Waals surface area contributed by atoms with Crippen LogP contribution in [0.3, 0.4) is 0 Å². The summed E-state index contributed by atoms with van der Waals surface area (Å²) in [6.45, 7) is 5.04. The maximum absolute atomic E-state index is 14.2. The predicted octanol–water partition coefficient (Wildman–Crippen LogP) is 4.98. The van der Waals surface area contributed by atoms with E-state index < -0.39 is 0 Å². The molecule has 2 nitrogen and oxygen atoms in total. The third-order valence-electron chi connectivity index (χ3n) is 3.54. The Kier molecular flexibility index (Phi) is 4.29. The van der Waals surface area contributed by atoms with Crippen molar-refractivity contribution in [2.24, 2.45) is 0 Å². The van der Waals surface area contributed by atoms with E-state index in [-0.39, 0.29) is 10.8 Å². The van der Waals surface area contributed by atoms with Gasteiger partial charge >= 0.3 is 0 Å². The molecule has 0 radical (unpaired) electrons. The zero-order chi connectivity index (χ0) is 15.0. The summed E-state index contributed by atoms with van der Waals surface area (Å²) >= 11 is 7.45. The van der Waals surface area contributed by atoms with Crippen LogP contribution in [0.1, 0.15) is 43.2 Å². The Balaban J connectivity index is 1.96. The van der Waals surface area contributed by atoms with Crippen LogP contribution >= 0.6 is 22.9 Å². The molecule has 112 valence electrons. The summed E-state index contributed by atoms with van der Waals surface area (Å²) in [7, 11) is 0. The van der Waals surface area contributed by atoms with Gasteiger partial charge in [-0.05, 0) is 25.0 Å². The van der Waals surface area contributed by atoms with Crippen LogP contribution in [-0.2, 0) is 6.54 Å². The van der Waals surface area contributed by atoms with Crippen LogP contribution in [0.15, 0.2) is 18.2 Å². The van der Waals surface area contributed by atoms with Crippen LogP contribution in [0.2, 0.25) is 5.02 Å². The lowest BCUT2D eigenvalue weighted by Crippen LogP contribution is -2.21. The molecule has 0 amide bonds. The summed E-state index contributed by atoms with van der Waals surface area (Å²) in [5.41, 5.74) is 1.65. The van der Waals surface area contributed by atoms with E-state index in [1.54, 1.807) is 29.5 Å². The third kappa shape index (κ3) is 3.28. The zero-order valence-electron chi connectivity index (χ0n) is 12.1. The van der Waals surface area contributed by atoms with Gasteiger partial charge in [0.2, 0.25) is 0 Å². The fraction of sp³-hybridized carbons (Fsp3) is 0.438. The molecule has 0 atom stereocenters. The molecule has 5 heteroatoms. The number of aromatic nitrogens is 1. The highest BCUT2D eigenvalue weighted by molar-refractivity contribution is 7.15. The summed E-state index contributed by atoms with van der Waals surface area (Å²) < 4.78 is 14.2. The molecule has 1 heterocycles. The van der Waals surface area contributed by atoms with Crippen LogP contribution in [0, 0.1) is 5.82 Å². The van der Waals surface area contributed by atoms with Crippen molar-refractivity contribution in [1.29, 1.82) is 0 Å². The van der Waals surface area contributed by atoms with Gasteiger partial charge in [-0.1, -0.05) is 31.5 Å². The minimum Gasteiger partial charge on any atom is -0.310 e. The van der Waals surface area contributed by atoms with E-state index in [4.69, 9.17) is 16.6 Å². The fourth-order valence-electron chi connectivity index (χ4n) is 2.25. The lowest BCUT2D eigenvalue weighted by atomic mass is 10.2. The molecule has 2 aromatic rings. The number of nitrogens with one attached hydrogen (secondary N) is 1. The third-order valence-corrected chi connectivity index (χ3v) is 4.94. The molecule has 1 fully saturated rings. The molecule has 1 aliphatic carbocycles. The molecule has 0 aliphatic heterocycles. The van der Waals surface area contributed by atoms with E-state index in [0.717, 1.165) is 17.2 Å². The second-order valence-corrected chi connectivity index (χ2v) is 7.23. The first-order valence-electron chi connectivity index (χ1n) is 7.23. The van der Waals surface area contributed by atoms with E-state index in [0.29, 0.717) is 17.5 Å². The molecule has 1 N–H and O–H groups in total. The number of rotatable bonds is 5. The highest BCUT2D eigenvalue weighted by atomic mass is 35.5. The van der Waals surface area contributed by atoms with Crippen molar-refractivity contribution in [1.82, 2.24) is 10.3 Å². The molecule has 3 rings (SSSR count). The van der Waals surface area contributed by atoms with E-state index in [1.807, 2.05) is 0 Å². The quantitative estimate of drug-likeness (QED) is 0.839. The van der Waals surface area contributed by atoms with E-state index >= 15 is 0 Å². The standard InChI is InChI=1S/C16H18ClFN2S/c1-9(2)19-8-13-15(10-6-7-10)20-16(21-13)11-4-3-5-12(17)14(11)18/h3-5,9-10,19H,6-8H2,1-2H3. The van der Waals surface area contributed by atoms with Crippen molar-refractivity contribution in [3.05, 3.63) is 39.6 Å². The molecule has 0 saturated heterocycles. The Morgan fingerprint density at radius 1 is 1.43 bits per heavy atom. The molecular formula is C16H18ClFN2S. The van der Waals surface area contributed by atoms with Gasteiger partial charge in [0.15, 0.2) is 5.82 Å². The van der Waals surface area contributed by atoms with Crippen molar-refractivity contribution in [3.63, 3.8) is 0 Å². The van der Waals surface area contributed by atoms with Gasteiger partial charge in [0, 0.05) is 28.9 Å². The molecule has 1 aliphatic rings. The lowest BCUT2D eigenvalue weighted by Gasteiger charge is -2.07. The van der Waals surface area contributed by atoms with Crippen molar-refractivity contribution >= 4 is 22.9 Å². The molecule has 0 unspecified atom stereocenters. The van der Waals surface area contributed by atoms with Crippen LogP contribution in [-0.4, -0.2) is 11.0 Å². The van der Waals surface area contributed by atoms with Gasteiger partial charge in [0.25, 0.3) is 0 Å². The van der Waals surface area contributed by atoms with E-state index in [1.165, 1.54) is 17.7 Å². The molecule has 21 heavy (non-hydrogen) atoms. The van der Waals surface area contributed by atoms with Crippen molar-refractivity contribution in [3.8, 4) is 10.6 Å². The number of benzene rings is 1. The molecule has 0 bridgehead atoms. The molecule has 0 spiro atoms. The summed E-state index contributed by atoms with van der Waals surface area (Å²) in [5.74, 6) is 0.180. The SMILES string of the molecule is CC(C)NCc1sc(-c2cccc(Cl)c2F)nc1C1CC1. The van der Waals surface area contributed by atoms with Gasteiger partial charge < -0.3 is 5.32 Å². The Hall–Kier alpha value is -0.970. The number of hydrogen-bond acceptors (Lipinski definition) is 3. The molecule has 1 aromatic heterocycles. The first-order chi connectivity index (χ1) is 10.1. The van der Waals surface area contributed by atoms with E-state index in [9.17, 15) is 4.39 Å². The molecular weight excluding hydrogens is 307 g/mol. The second kappa shape index (κ2) is 6.03. The average Bonchev–Trinajstić information content (AvgIpc) is 3.20. The highest BCUT2D eigenvalue weighted by Crippen LogP contribution is 2.44. The topological polar surface area (TPSA) is 24.9 Å². The summed E-state index contributed by atoms with van der Waals surface area (Å²) in [6, 6.07) is 5.50. The normalized spacial score (nSPS) is 14.9. The average molecular weight is 325 g/mol. The zero-order valence-corrected chi connectivity index (χ0v) is 13.7. The van der Waals surface area contributed by atoms with Crippen molar-refractivity contribution in [2.75, 3.05) is 0 Å². The van der Waals surface area contributed by atoms with Crippen LogP contribution in [0.5, 0.6) is 0 Å². The van der Waals surface area contributed by atoms with Gasteiger partial charge in [-0.2, -0.15) is 0 Å². The van der Waals surface area contributed by atoms with E-state index in [2.05, 4.69) is 19.2 Å². The number of hydrogen-bond donors (Lipinski definition) is 1. The van der Waals surface area contributed by atoms with Crippen LogP contribution in [0.25, 0.3) is 10.6 Å². The second-order valence-electron chi connectivity index (χ2n) is 5.74. The molecule has 1 aromatic carbocycles. The fourth-order valence-corrected chi connectivity index (χ4v) is 3.54. The Bertz CT molecular complexity index is 650. The Morgan fingerprint density at radius 2 is 2.19 bits per heavy atom. The summed E-state index contributed by atoms with van der Waals surface area (Å²) in [6.07, 6.45) is 2.38. The predicted molar refractivity (Wildman–Crippen MR) is 86.5 cm³/mol. The van der Waals surface area contributed by atoms with Gasteiger partial charge in [0.1, 0.15) is 5.01 Å². The van der Waals surface area contributed by atoms with Gasteiger partial charge in [0.05, 0.1) is 10.7 Å². The first kappa shape index (κ1) is 14.9. The summed E-state index contributed by atoms with van der Waals surface area (Å²) in [4.78, 5) is 5.92. The molecule has 1 saturated carbocycles. The van der Waals surface area contributed by atoms with Crippen molar-refractivity contribution < 1.29 is 4.39 Å². The smallest absolute Gasteiger partial charge is 0.152 e. The van der Waals surface area contributed by atoms with Crippen LogP contribution in [0.4, 0.5) is 4.39 Å². The van der Waals surface area contributed by atoms with Gasteiger partial charge in [-0.25, -0.2) is 9.37 Å². The number of nitrogens with zero attached hydrogens (tertiary/aromatic N) is 1. The number of thiazole rings is 1. The maximum atomic E-state index is 14.2. The number of halogens is 2. The maximum Gasteiger partial charge on any atom is 0.152 e. The lowest BCUT2D eigenvalue weighted by molar-refractivity contribution is 0.590. The van der Waals surface area contributed by atoms with Gasteiger partial charge in [-0.3, -0.25) is 0 Å².